The van der Waals surface area contributed by atoms with Gasteiger partial charge >= 0.3 is 100 Å². The summed E-state index contributed by atoms with van der Waals surface area (Å²) in [4.78, 5) is 0. The molecule has 0 aliphatic heterocycles. The summed E-state index contributed by atoms with van der Waals surface area (Å²) in [6, 6.07) is 0. The predicted molar refractivity (Wildman–Crippen MR) is 63.9 cm³/mol. The molecule has 0 fully saturated rings. The second-order valence-electron chi connectivity index (χ2n) is 2.83. The van der Waals surface area contributed by atoms with Crippen molar-refractivity contribution >= 4 is 14.2 Å². The molecule has 0 spiro atoms. The van der Waals surface area contributed by atoms with Gasteiger partial charge in [0.1, 0.15) is 0 Å². The van der Waals surface area contributed by atoms with Crippen LogP contribution in [0.15, 0.2) is 0 Å². The number of rotatable bonds is 10. The van der Waals surface area contributed by atoms with E-state index < -0.39 is 14.2 Å². The van der Waals surface area contributed by atoms with Crippen molar-refractivity contribution in [2.75, 3.05) is 33.0 Å². The molecular weight excluding hydrogens is 275 g/mol. The van der Waals surface area contributed by atoms with Gasteiger partial charge in [0, 0.05) is 0 Å². The first kappa shape index (κ1) is 16.4. The van der Waals surface area contributed by atoms with E-state index in [0.717, 1.165) is 0 Å². The standard InChI is InChI=1S/C10H25AsO5/c1-6-12-11(13-7-2,14-8-3,15-9-4)16-10-5/h6-10H2,1-5H3. The predicted octanol–water partition coefficient (Wildman–Crippen LogP) is 2.06. The maximum atomic E-state index is 5.67. The van der Waals surface area contributed by atoms with Crippen molar-refractivity contribution in [3.05, 3.63) is 0 Å². The summed E-state index contributed by atoms with van der Waals surface area (Å²) >= 11 is -4.43. The van der Waals surface area contributed by atoms with Gasteiger partial charge in [0.25, 0.3) is 0 Å². The quantitative estimate of drug-likeness (QED) is 0.578. The summed E-state index contributed by atoms with van der Waals surface area (Å²) in [6.45, 7) is 11.5. The second-order valence-corrected chi connectivity index (χ2v) is 8.67. The Morgan fingerprint density at radius 3 is 0.812 bits per heavy atom. The van der Waals surface area contributed by atoms with Crippen molar-refractivity contribution in [3.8, 4) is 0 Å². The number of hydrogen-bond donors (Lipinski definition) is 0. The normalized spacial score (nSPS) is 14.7. The fourth-order valence-corrected chi connectivity index (χ4v) is 7.41. The first-order chi connectivity index (χ1) is 7.62. The molecule has 0 heterocycles. The second kappa shape index (κ2) is 7.64. The molecule has 0 rings (SSSR count). The van der Waals surface area contributed by atoms with Gasteiger partial charge in [-0.05, 0) is 0 Å². The van der Waals surface area contributed by atoms with Crippen molar-refractivity contribution in [1.29, 1.82) is 0 Å². The third-order valence-electron chi connectivity index (χ3n) is 1.70. The van der Waals surface area contributed by atoms with Gasteiger partial charge < -0.3 is 0 Å². The van der Waals surface area contributed by atoms with Crippen LogP contribution in [0, 0.1) is 0 Å². The van der Waals surface area contributed by atoms with Crippen LogP contribution < -0.4 is 0 Å². The molecule has 0 atom stereocenters. The van der Waals surface area contributed by atoms with E-state index in [-0.39, 0.29) is 0 Å². The van der Waals surface area contributed by atoms with Gasteiger partial charge in [-0.15, -0.1) is 0 Å². The Balaban J connectivity index is 5.09. The Hall–Kier alpha value is 0.358. The molecule has 100 valence electrons. The van der Waals surface area contributed by atoms with Crippen LogP contribution in [0.5, 0.6) is 0 Å². The Bertz CT molecular complexity index is 136. The Morgan fingerprint density at radius 2 is 0.688 bits per heavy atom. The van der Waals surface area contributed by atoms with Gasteiger partial charge in [0.05, 0.1) is 0 Å². The molecule has 5 nitrogen and oxygen atoms in total. The van der Waals surface area contributed by atoms with E-state index in [0.29, 0.717) is 33.0 Å². The van der Waals surface area contributed by atoms with Crippen LogP contribution in [0.2, 0.25) is 0 Å². The molecule has 16 heavy (non-hydrogen) atoms. The molecule has 0 amide bonds. The van der Waals surface area contributed by atoms with Crippen LogP contribution in [0.1, 0.15) is 34.6 Å². The monoisotopic (exact) mass is 300 g/mol. The average Bonchev–Trinajstić information content (AvgIpc) is 2.19. The molecule has 0 saturated heterocycles. The third-order valence-corrected chi connectivity index (χ3v) is 8.83. The van der Waals surface area contributed by atoms with Gasteiger partial charge in [0.2, 0.25) is 0 Å². The molecule has 0 saturated carbocycles. The average molecular weight is 300 g/mol. The van der Waals surface area contributed by atoms with Gasteiger partial charge in [-0.25, -0.2) is 0 Å². The Labute approximate surface area is 101 Å². The maximum absolute atomic E-state index is 5.67. The van der Waals surface area contributed by atoms with E-state index in [9.17, 15) is 0 Å². The van der Waals surface area contributed by atoms with Crippen molar-refractivity contribution in [2.24, 2.45) is 0 Å². The zero-order valence-electron chi connectivity index (χ0n) is 11.0. The topological polar surface area (TPSA) is 46.2 Å². The van der Waals surface area contributed by atoms with Crippen molar-refractivity contribution < 1.29 is 18.6 Å². The third kappa shape index (κ3) is 3.98. The molecule has 0 N–H and O–H groups in total. The van der Waals surface area contributed by atoms with Crippen molar-refractivity contribution in [1.82, 2.24) is 0 Å². The molecule has 0 bridgehead atoms. The van der Waals surface area contributed by atoms with E-state index in [2.05, 4.69) is 0 Å². The van der Waals surface area contributed by atoms with Crippen LogP contribution in [0.4, 0.5) is 0 Å². The van der Waals surface area contributed by atoms with Crippen molar-refractivity contribution in [2.45, 2.75) is 34.6 Å². The summed E-state index contributed by atoms with van der Waals surface area (Å²) in [5.74, 6) is 0. The Morgan fingerprint density at radius 1 is 0.500 bits per heavy atom. The minimum absolute atomic E-state index is 0.436. The van der Waals surface area contributed by atoms with Crippen LogP contribution in [-0.2, 0) is 18.6 Å². The molecule has 0 aromatic heterocycles. The van der Waals surface area contributed by atoms with Crippen LogP contribution >= 0.6 is 0 Å². The van der Waals surface area contributed by atoms with E-state index in [4.69, 9.17) is 18.6 Å². The fraction of sp³-hybridized carbons (Fsp3) is 1.00. The SMILES string of the molecule is CCO[As](OCC)(OCC)(OCC)OCC. The molecule has 0 aromatic rings. The Kier molecular flexibility index (Phi) is 7.81. The van der Waals surface area contributed by atoms with E-state index in [1.54, 1.807) is 0 Å². The summed E-state index contributed by atoms with van der Waals surface area (Å²) in [5.41, 5.74) is 0. The molecule has 0 aliphatic carbocycles. The van der Waals surface area contributed by atoms with Gasteiger partial charge in [-0.1, -0.05) is 0 Å². The van der Waals surface area contributed by atoms with E-state index in [1.807, 2.05) is 34.6 Å². The first-order valence-electron chi connectivity index (χ1n) is 5.89. The van der Waals surface area contributed by atoms with Crippen molar-refractivity contribution in [3.63, 3.8) is 0 Å². The molecule has 6 heteroatoms. The summed E-state index contributed by atoms with van der Waals surface area (Å²) in [5, 5.41) is 0. The molecule has 0 aromatic carbocycles. The van der Waals surface area contributed by atoms with Gasteiger partial charge in [-0.3, -0.25) is 0 Å². The summed E-state index contributed by atoms with van der Waals surface area (Å²) in [6.07, 6.45) is 0. The van der Waals surface area contributed by atoms with E-state index >= 15 is 0 Å². The zero-order chi connectivity index (χ0) is 12.5. The van der Waals surface area contributed by atoms with E-state index in [1.165, 1.54) is 0 Å². The van der Waals surface area contributed by atoms with Gasteiger partial charge in [-0.2, -0.15) is 0 Å². The summed E-state index contributed by atoms with van der Waals surface area (Å²) in [7, 11) is 0. The van der Waals surface area contributed by atoms with Gasteiger partial charge in [0.15, 0.2) is 0 Å². The number of hydrogen-bond acceptors (Lipinski definition) is 5. The molecule has 0 unspecified atom stereocenters. The first-order valence-corrected chi connectivity index (χ1v) is 9.72. The van der Waals surface area contributed by atoms with Crippen LogP contribution in [0.3, 0.4) is 0 Å². The molecule has 0 aliphatic rings. The fourth-order valence-electron chi connectivity index (χ4n) is 1.43. The van der Waals surface area contributed by atoms with Crippen LogP contribution in [0.25, 0.3) is 0 Å². The zero-order valence-corrected chi connectivity index (χ0v) is 12.9. The minimum atomic E-state index is -4.43. The van der Waals surface area contributed by atoms with Crippen LogP contribution in [-0.4, -0.2) is 47.2 Å². The molecular formula is C10H25AsO5. The summed E-state index contributed by atoms with van der Waals surface area (Å²) < 4.78 is 28.3. The molecule has 0 radical (unpaired) electrons.